The summed E-state index contributed by atoms with van der Waals surface area (Å²) in [6, 6.07) is 8.34. The van der Waals surface area contributed by atoms with Crippen molar-refractivity contribution in [2.45, 2.75) is 19.9 Å². The molecule has 1 aliphatic rings. The van der Waals surface area contributed by atoms with Gasteiger partial charge in [0.25, 0.3) is 0 Å². The molecule has 0 unspecified atom stereocenters. The van der Waals surface area contributed by atoms with Gasteiger partial charge in [-0.15, -0.1) is 0 Å². The number of hydrogen-bond acceptors (Lipinski definition) is 3. The molecule has 1 amide bonds. The molecule has 0 saturated carbocycles. The highest BCUT2D eigenvalue weighted by atomic mass is 16.2. The number of benzene rings is 1. The van der Waals surface area contributed by atoms with Crippen molar-refractivity contribution in [3.05, 3.63) is 35.4 Å². The zero-order chi connectivity index (χ0) is 13.7. The third-order valence-electron chi connectivity index (χ3n) is 3.50. The van der Waals surface area contributed by atoms with Crippen LogP contribution in [0.1, 0.15) is 24.1 Å². The zero-order valence-electron chi connectivity index (χ0n) is 11.8. The highest BCUT2D eigenvalue weighted by molar-refractivity contribution is 5.78. The lowest BCUT2D eigenvalue weighted by Gasteiger charge is -2.27. The average molecular weight is 261 g/mol. The number of amides is 1. The van der Waals surface area contributed by atoms with E-state index in [4.69, 9.17) is 0 Å². The Balaban J connectivity index is 1.84. The highest BCUT2D eigenvalue weighted by Gasteiger charge is 2.15. The molecule has 1 aromatic rings. The number of carbonyl (C=O) groups is 1. The Hall–Kier alpha value is -1.39. The average Bonchev–Trinajstić information content (AvgIpc) is 2.39. The third kappa shape index (κ3) is 4.33. The summed E-state index contributed by atoms with van der Waals surface area (Å²) in [5.74, 6) is 0.107. The second kappa shape index (κ2) is 6.68. The lowest BCUT2D eigenvalue weighted by atomic mass is 10.1. The van der Waals surface area contributed by atoms with Gasteiger partial charge in [0.2, 0.25) is 5.91 Å². The summed E-state index contributed by atoms with van der Waals surface area (Å²) in [6.45, 7) is 8.45. The lowest BCUT2D eigenvalue weighted by molar-refractivity contribution is -0.123. The summed E-state index contributed by atoms with van der Waals surface area (Å²) in [6.07, 6.45) is 0. The molecule has 104 valence electrons. The first-order chi connectivity index (χ1) is 9.15. The standard InChI is InChI=1S/C15H23N3O/c1-12-4-3-5-14(10-12)13(2)17-15(19)11-18-8-6-16-7-9-18/h3-5,10,13,16H,6-9,11H2,1-2H3,(H,17,19)/t13-/m1/s1. The molecule has 0 bridgehead atoms. The van der Waals surface area contributed by atoms with Crippen molar-refractivity contribution >= 4 is 5.91 Å². The Morgan fingerprint density at radius 1 is 1.42 bits per heavy atom. The van der Waals surface area contributed by atoms with Gasteiger partial charge in [0, 0.05) is 26.2 Å². The second-order valence-corrected chi connectivity index (χ2v) is 5.23. The lowest BCUT2D eigenvalue weighted by Crippen LogP contribution is -2.47. The van der Waals surface area contributed by atoms with Crippen LogP contribution < -0.4 is 10.6 Å². The van der Waals surface area contributed by atoms with Crippen LogP contribution >= 0.6 is 0 Å². The number of hydrogen-bond donors (Lipinski definition) is 2. The van der Waals surface area contributed by atoms with E-state index in [1.54, 1.807) is 0 Å². The van der Waals surface area contributed by atoms with Crippen LogP contribution in [0.3, 0.4) is 0 Å². The van der Waals surface area contributed by atoms with Crippen LogP contribution in [0.4, 0.5) is 0 Å². The number of nitrogens with one attached hydrogen (secondary N) is 2. The summed E-state index contributed by atoms with van der Waals surface area (Å²) in [4.78, 5) is 14.2. The van der Waals surface area contributed by atoms with E-state index in [-0.39, 0.29) is 11.9 Å². The molecule has 19 heavy (non-hydrogen) atoms. The summed E-state index contributed by atoms with van der Waals surface area (Å²) in [7, 11) is 0. The Bertz CT molecular complexity index is 427. The number of nitrogens with zero attached hydrogens (tertiary/aromatic N) is 1. The van der Waals surface area contributed by atoms with E-state index in [1.165, 1.54) is 5.56 Å². The quantitative estimate of drug-likeness (QED) is 0.852. The van der Waals surface area contributed by atoms with Crippen molar-refractivity contribution in [3.63, 3.8) is 0 Å². The first-order valence-electron chi connectivity index (χ1n) is 6.94. The van der Waals surface area contributed by atoms with Crippen LogP contribution in [-0.2, 0) is 4.79 Å². The fourth-order valence-electron chi connectivity index (χ4n) is 2.38. The van der Waals surface area contributed by atoms with E-state index in [0.29, 0.717) is 6.54 Å². The molecule has 1 heterocycles. The van der Waals surface area contributed by atoms with Gasteiger partial charge in [-0.25, -0.2) is 0 Å². The van der Waals surface area contributed by atoms with Crippen LogP contribution in [0.5, 0.6) is 0 Å². The third-order valence-corrected chi connectivity index (χ3v) is 3.50. The summed E-state index contributed by atoms with van der Waals surface area (Å²) >= 11 is 0. The van der Waals surface area contributed by atoms with E-state index < -0.39 is 0 Å². The molecular formula is C15H23N3O. The molecule has 2 rings (SSSR count). The maximum Gasteiger partial charge on any atom is 0.234 e. The van der Waals surface area contributed by atoms with Crippen molar-refractivity contribution in [3.8, 4) is 0 Å². The van der Waals surface area contributed by atoms with Crippen LogP contribution in [0, 0.1) is 6.92 Å². The first kappa shape index (κ1) is 14.0. The summed E-state index contributed by atoms with van der Waals surface area (Å²) in [5.41, 5.74) is 2.38. The molecule has 0 aliphatic carbocycles. The maximum atomic E-state index is 12.0. The van der Waals surface area contributed by atoms with Gasteiger partial charge in [-0.1, -0.05) is 29.8 Å². The molecule has 4 heteroatoms. The first-order valence-corrected chi connectivity index (χ1v) is 6.94. The molecule has 4 nitrogen and oxygen atoms in total. The Kier molecular flexibility index (Phi) is 4.93. The van der Waals surface area contributed by atoms with Crippen LogP contribution in [-0.4, -0.2) is 43.5 Å². The SMILES string of the molecule is Cc1cccc([C@@H](C)NC(=O)CN2CCNCC2)c1. The Labute approximate surface area is 115 Å². The van der Waals surface area contributed by atoms with Crippen molar-refractivity contribution in [1.82, 2.24) is 15.5 Å². The topological polar surface area (TPSA) is 44.4 Å². The number of rotatable bonds is 4. The van der Waals surface area contributed by atoms with Crippen LogP contribution in [0.15, 0.2) is 24.3 Å². The molecule has 1 fully saturated rings. The van der Waals surface area contributed by atoms with Crippen molar-refractivity contribution < 1.29 is 4.79 Å². The highest BCUT2D eigenvalue weighted by Crippen LogP contribution is 2.13. The molecule has 1 aliphatic heterocycles. The minimum Gasteiger partial charge on any atom is -0.348 e. The minimum atomic E-state index is 0.0651. The van der Waals surface area contributed by atoms with Gasteiger partial charge in [-0.3, -0.25) is 9.69 Å². The van der Waals surface area contributed by atoms with E-state index >= 15 is 0 Å². The van der Waals surface area contributed by atoms with Gasteiger partial charge >= 0.3 is 0 Å². The zero-order valence-corrected chi connectivity index (χ0v) is 11.8. The smallest absolute Gasteiger partial charge is 0.234 e. The van der Waals surface area contributed by atoms with Gasteiger partial charge in [-0.05, 0) is 19.4 Å². The normalized spacial score (nSPS) is 18.0. The Morgan fingerprint density at radius 2 is 2.16 bits per heavy atom. The van der Waals surface area contributed by atoms with Crippen LogP contribution in [0.2, 0.25) is 0 Å². The molecule has 0 spiro atoms. The fourth-order valence-corrected chi connectivity index (χ4v) is 2.38. The van der Waals surface area contributed by atoms with Crippen molar-refractivity contribution in [1.29, 1.82) is 0 Å². The van der Waals surface area contributed by atoms with Gasteiger partial charge in [0.1, 0.15) is 0 Å². The molecule has 0 radical (unpaired) electrons. The van der Waals surface area contributed by atoms with E-state index in [9.17, 15) is 4.79 Å². The monoisotopic (exact) mass is 261 g/mol. The largest absolute Gasteiger partial charge is 0.348 e. The maximum absolute atomic E-state index is 12.0. The summed E-state index contributed by atoms with van der Waals surface area (Å²) in [5, 5.41) is 6.36. The molecule has 0 aromatic heterocycles. The number of aryl methyl sites for hydroxylation is 1. The molecule has 2 N–H and O–H groups in total. The van der Waals surface area contributed by atoms with Gasteiger partial charge in [0.05, 0.1) is 12.6 Å². The van der Waals surface area contributed by atoms with E-state index in [1.807, 2.05) is 13.0 Å². The van der Waals surface area contributed by atoms with Crippen LogP contribution in [0.25, 0.3) is 0 Å². The van der Waals surface area contributed by atoms with Gasteiger partial charge in [0.15, 0.2) is 0 Å². The molecule has 1 atom stereocenters. The predicted molar refractivity (Wildman–Crippen MR) is 77.0 cm³/mol. The molecular weight excluding hydrogens is 238 g/mol. The second-order valence-electron chi connectivity index (χ2n) is 5.23. The van der Waals surface area contributed by atoms with Gasteiger partial charge in [-0.2, -0.15) is 0 Å². The fraction of sp³-hybridized carbons (Fsp3) is 0.533. The molecule has 1 aromatic carbocycles. The summed E-state index contributed by atoms with van der Waals surface area (Å²) < 4.78 is 0. The Morgan fingerprint density at radius 3 is 2.84 bits per heavy atom. The van der Waals surface area contributed by atoms with Gasteiger partial charge < -0.3 is 10.6 Å². The van der Waals surface area contributed by atoms with E-state index in [2.05, 4.69) is 40.7 Å². The minimum absolute atomic E-state index is 0.0651. The molecule has 1 saturated heterocycles. The van der Waals surface area contributed by atoms with E-state index in [0.717, 1.165) is 31.7 Å². The number of carbonyl (C=O) groups excluding carboxylic acids is 1. The van der Waals surface area contributed by atoms with Crippen molar-refractivity contribution in [2.75, 3.05) is 32.7 Å². The van der Waals surface area contributed by atoms with Crippen molar-refractivity contribution in [2.24, 2.45) is 0 Å². The predicted octanol–water partition coefficient (Wildman–Crippen LogP) is 1.08. The number of piperazine rings is 1.